The van der Waals surface area contributed by atoms with Gasteiger partial charge in [-0.1, -0.05) is 25.5 Å². The van der Waals surface area contributed by atoms with E-state index >= 15 is 0 Å². The maximum atomic E-state index is 12.6. The standard InChI is InChI=1S/C34H34N2O9/c1-4-5-6-32-35-18-25(14-24(34(39)40)13-23-15-30-31(45-20-44-30)17-28(23)42-3)36(32)27-12-11-26(41-2)16-29(27)43-19-21-7-9-22(10-8-21)33(37)38/h7-12,14-18H,4-6,13,19-20H2,1-3H3,(H,37,38)(H,39,40). The van der Waals surface area contributed by atoms with Gasteiger partial charge in [0.1, 0.15) is 29.7 Å². The van der Waals surface area contributed by atoms with Gasteiger partial charge in [-0.15, -0.1) is 0 Å². The second-order valence-electron chi connectivity index (χ2n) is 10.3. The number of carboxylic acid groups (broad SMARTS) is 2. The molecule has 4 aromatic rings. The molecule has 11 nitrogen and oxygen atoms in total. The number of unbranched alkanes of at least 4 members (excludes halogenated alkanes) is 1. The van der Waals surface area contributed by atoms with Crippen LogP contribution in [0.5, 0.6) is 28.7 Å². The molecule has 0 spiro atoms. The van der Waals surface area contributed by atoms with Crippen molar-refractivity contribution in [3.05, 3.63) is 94.6 Å². The number of aromatic carboxylic acids is 1. The van der Waals surface area contributed by atoms with E-state index in [0.717, 1.165) is 24.2 Å². The maximum Gasteiger partial charge on any atom is 0.335 e. The lowest BCUT2D eigenvalue weighted by Gasteiger charge is -2.17. The molecule has 0 saturated heterocycles. The summed E-state index contributed by atoms with van der Waals surface area (Å²) in [7, 11) is 3.08. The van der Waals surface area contributed by atoms with Crippen LogP contribution < -0.4 is 23.7 Å². The van der Waals surface area contributed by atoms with Crippen LogP contribution in [0.1, 0.15) is 52.8 Å². The van der Waals surface area contributed by atoms with E-state index in [9.17, 15) is 19.8 Å². The molecular formula is C34H34N2O9. The summed E-state index contributed by atoms with van der Waals surface area (Å²) in [6.45, 7) is 2.34. The molecule has 0 radical (unpaired) electrons. The van der Waals surface area contributed by atoms with Gasteiger partial charge in [0.25, 0.3) is 0 Å². The van der Waals surface area contributed by atoms with Gasteiger partial charge < -0.3 is 33.9 Å². The van der Waals surface area contributed by atoms with E-state index in [1.807, 2.05) is 10.6 Å². The largest absolute Gasteiger partial charge is 0.497 e. The van der Waals surface area contributed by atoms with Crippen LogP contribution in [-0.2, 0) is 24.2 Å². The summed E-state index contributed by atoms with van der Waals surface area (Å²) in [5.74, 6) is 1.27. The van der Waals surface area contributed by atoms with E-state index < -0.39 is 11.9 Å². The highest BCUT2D eigenvalue weighted by Gasteiger charge is 2.22. The smallest absolute Gasteiger partial charge is 0.335 e. The number of benzene rings is 3. The van der Waals surface area contributed by atoms with Gasteiger partial charge in [-0.2, -0.15) is 0 Å². The van der Waals surface area contributed by atoms with Crippen LogP contribution in [0.2, 0.25) is 0 Å². The fraction of sp³-hybridized carbons (Fsp3) is 0.265. The second kappa shape index (κ2) is 13.9. The number of carbonyl (C=O) groups is 2. The lowest BCUT2D eigenvalue weighted by Crippen LogP contribution is -2.09. The molecule has 11 heteroatoms. The predicted molar refractivity (Wildman–Crippen MR) is 165 cm³/mol. The van der Waals surface area contributed by atoms with Gasteiger partial charge in [0.2, 0.25) is 6.79 Å². The van der Waals surface area contributed by atoms with Crippen molar-refractivity contribution in [3.63, 3.8) is 0 Å². The van der Waals surface area contributed by atoms with Crippen molar-refractivity contribution < 1.29 is 43.5 Å². The Morgan fingerprint density at radius 2 is 1.73 bits per heavy atom. The van der Waals surface area contributed by atoms with E-state index in [1.165, 1.54) is 19.2 Å². The Morgan fingerprint density at radius 3 is 2.40 bits per heavy atom. The number of rotatable bonds is 14. The number of ether oxygens (including phenoxy) is 5. The minimum Gasteiger partial charge on any atom is -0.497 e. The number of aliphatic carboxylic acids is 1. The molecule has 0 unspecified atom stereocenters. The summed E-state index contributed by atoms with van der Waals surface area (Å²) in [4.78, 5) is 28.5. The molecule has 0 aliphatic carbocycles. The monoisotopic (exact) mass is 614 g/mol. The second-order valence-corrected chi connectivity index (χ2v) is 10.3. The summed E-state index contributed by atoms with van der Waals surface area (Å²) in [5.41, 5.74) is 2.91. The minimum absolute atomic E-state index is 0.0585. The zero-order valence-corrected chi connectivity index (χ0v) is 25.2. The highest BCUT2D eigenvalue weighted by Crippen LogP contribution is 2.39. The van der Waals surface area contributed by atoms with Gasteiger partial charge in [0.05, 0.1) is 37.4 Å². The molecule has 1 aliphatic rings. The number of aryl methyl sites for hydroxylation is 1. The summed E-state index contributed by atoms with van der Waals surface area (Å²) in [5, 5.41) is 19.5. The maximum absolute atomic E-state index is 12.6. The number of carboxylic acids is 2. The average Bonchev–Trinajstić information content (AvgIpc) is 3.68. The Morgan fingerprint density at radius 1 is 0.978 bits per heavy atom. The fourth-order valence-corrected chi connectivity index (χ4v) is 4.99. The molecule has 0 atom stereocenters. The minimum atomic E-state index is -1.09. The van der Waals surface area contributed by atoms with Crippen LogP contribution in [0.25, 0.3) is 11.8 Å². The number of methoxy groups -OCH3 is 2. The number of fused-ring (bicyclic) bond motifs is 1. The van der Waals surface area contributed by atoms with Crippen LogP contribution in [0.15, 0.2) is 66.4 Å². The molecule has 5 rings (SSSR count). The van der Waals surface area contributed by atoms with Gasteiger partial charge >= 0.3 is 11.9 Å². The average molecular weight is 615 g/mol. The molecule has 2 N–H and O–H groups in total. The highest BCUT2D eigenvalue weighted by molar-refractivity contribution is 5.92. The van der Waals surface area contributed by atoms with Crippen molar-refractivity contribution in [3.8, 4) is 34.4 Å². The molecule has 3 aromatic carbocycles. The lowest BCUT2D eigenvalue weighted by molar-refractivity contribution is -0.132. The van der Waals surface area contributed by atoms with Crippen LogP contribution in [0.4, 0.5) is 0 Å². The first-order valence-corrected chi connectivity index (χ1v) is 14.4. The van der Waals surface area contributed by atoms with Crippen molar-refractivity contribution >= 4 is 18.0 Å². The number of hydrogen-bond donors (Lipinski definition) is 2. The molecule has 0 amide bonds. The summed E-state index contributed by atoms with van der Waals surface area (Å²) in [6, 6.07) is 15.3. The SMILES string of the molecule is CCCCc1ncc(C=C(Cc2cc3c(cc2OC)OCO3)C(=O)O)n1-c1ccc(OC)cc1OCc1ccc(C(=O)O)cc1. The van der Waals surface area contributed by atoms with Crippen LogP contribution in [-0.4, -0.2) is 52.7 Å². The molecule has 2 heterocycles. The molecule has 45 heavy (non-hydrogen) atoms. The number of imidazole rings is 1. The number of nitrogens with zero attached hydrogens (tertiary/aromatic N) is 2. The van der Waals surface area contributed by atoms with Gasteiger partial charge in [-0.3, -0.25) is 4.57 Å². The molecule has 1 aliphatic heterocycles. The van der Waals surface area contributed by atoms with Gasteiger partial charge in [-0.25, -0.2) is 14.6 Å². The van der Waals surface area contributed by atoms with E-state index in [2.05, 4.69) is 11.9 Å². The van der Waals surface area contributed by atoms with E-state index in [4.69, 9.17) is 23.7 Å². The third-order valence-electron chi connectivity index (χ3n) is 7.37. The Kier molecular flexibility index (Phi) is 9.57. The zero-order valence-electron chi connectivity index (χ0n) is 25.2. The Balaban J connectivity index is 1.55. The van der Waals surface area contributed by atoms with Gasteiger partial charge in [0.15, 0.2) is 11.5 Å². The first kappa shape index (κ1) is 31.0. The van der Waals surface area contributed by atoms with Crippen molar-refractivity contribution in [2.24, 2.45) is 0 Å². The van der Waals surface area contributed by atoms with Gasteiger partial charge in [0, 0.05) is 36.1 Å². The number of aromatic nitrogens is 2. The summed E-state index contributed by atoms with van der Waals surface area (Å²) in [6.07, 6.45) is 5.80. The van der Waals surface area contributed by atoms with Crippen molar-refractivity contribution in [1.82, 2.24) is 9.55 Å². The number of hydrogen-bond acceptors (Lipinski definition) is 8. The van der Waals surface area contributed by atoms with Crippen LogP contribution in [0, 0.1) is 0 Å². The van der Waals surface area contributed by atoms with E-state index in [1.54, 1.807) is 55.8 Å². The van der Waals surface area contributed by atoms with Crippen LogP contribution in [0.3, 0.4) is 0 Å². The molecule has 0 saturated carbocycles. The lowest BCUT2D eigenvalue weighted by atomic mass is 10.0. The summed E-state index contributed by atoms with van der Waals surface area (Å²) < 4.78 is 30.1. The highest BCUT2D eigenvalue weighted by atomic mass is 16.7. The molecule has 1 aromatic heterocycles. The summed E-state index contributed by atoms with van der Waals surface area (Å²) >= 11 is 0. The zero-order chi connectivity index (χ0) is 31.9. The predicted octanol–water partition coefficient (Wildman–Crippen LogP) is 5.95. The topological polar surface area (TPSA) is 139 Å². The van der Waals surface area contributed by atoms with Crippen molar-refractivity contribution in [1.29, 1.82) is 0 Å². The third-order valence-corrected chi connectivity index (χ3v) is 7.37. The van der Waals surface area contributed by atoms with E-state index in [-0.39, 0.29) is 31.0 Å². The molecule has 0 bridgehead atoms. The first-order chi connectivity index (χ1) is 21.8. The molecule has 0 fully saturated rings. The Bertz CT molecular complexity index is 1720. The normalized spacial score (nSPS) is 12.2. The third kappa shape index (κ3) is 7.04. The first-order valence-electron chi connectivity index (χ1n) is 14.4. The van der Waals surface area contributed by atoms with Crippen LogP contribution >= 0.6 is 0 Å². The molecular weight excluding hydrogens is 580 g/mol. The van der Waals surface area contributed by atoms with Gasteiger partial charge in [-0.05, 0) is 48.4 Å². The quantitative estimate of drug-likeness (QED) is 0.164. The Hall–Kier alpha value is -5.45. The van der Waals surface area contributed by atoms with Crippen molar-refractivity contribution in [2.45, 2.75) is 39.2 Å². The Labute approximate surface area is 260 Å². The molecule has 234 valence electrons. The van der Waals surface area contributed by atoms with E-state index in [0.29, 0.717) is 52.1 Å². The fourth-order valence-electron chi connectivity index (χ4n) is 4.99. The van der Waals surface area contributed by atoms with Crippen molar-refractivity contribution in [2.75, 3.05) is 21.0 Å².